The minimum absolute atomic E-state index is 0.0111. The fraction of sp³-hybridized carbons (Fsp3) is 0.833. The molecule has 35 heavy (non-hydrogen) atoms. The van der Waals surface area contributed by atoms with Crippen LogP contribution in [-0.2, 0) is 25.2 Å². The second-order valence-electron chi connectivity index (χ2n) is 5.82. The van der Waals surface area contributed by atoms with E-state index in [9.17, 15) is 18.6 Å². The predicted octanol–water partition coefficient (Wildman–Crippen LogP) is 4.38. The summed E-state index contributed by atoms with van der Waals surface area (Å²) in [6.45, 7) is 0.0353. The van der Waals surface area contributed by atoms with Crippen molar-refractivity contribution in [2.75, 3.05) is 84.0 Å². The Bertz CT molecular complexity index is 585. The number of aliphatic hydroxyl groups excluding tert-OH is 2. The van der Waals surface area contributed by atoms with Crippen LogP contribution < -0.4 is 0 Å². The normalized spacial score (nSPS) is 12.1. The molecule has 0 fully saturated rings. The van der Waals surface area contributed by atoms with Crippen molar-refractivity contribution < 1.29 is 28.8 Å². The van der Waals surface area contributed by atoms with E-state index in [0.29, 0.717) is 44.7 Å². The molecule has 6 nitrogen and oxygen atoms in total. The van der Waals surface area contributed by atoms with Gasteiger partial charge in [0.25, 0.3) is 0 Å². The van der Waals surface area contributed by atoms with Crippen molar-refractivity contribution in [2.24, 2.45) is 0 Å². The van der Waals surface area contributed by atoms with Crippen molar-refractivity contribution in [2.45, 2.75) is 0 Å². The van der Waals surface area contributed by atoms with Crippen LogP contribution in [0.4, 0.5) is 0 Å². The summed E-state index contributed by atoms with van der Waals surface area (Å²) in [5.41, 5.74) is 0. The lowest BCUT2D eigenvalue weighted by molar-refractivity contribution is -0.109. The number of hydrogen-bond acceptors (Lipinski definition) is 16. The van der Waals surface area contributed by atoms with Crippen LogP contribution in [0.5, 0.6) is 0 Å². The van der Waals surface area contributed by atoms with Gasteiger partial charge in [-0.15, -0.1) is 70.6 Å². The second-order valence-corrected chi connectivity index (χ2v) is 19.9. The number of thioether (sulfide) groups is 10. The average molecular weight is 697 g/mol. The van der Waals surface area contributed by atoms with Gasteiger partial charge in [0.15, 0.2) is 15.3 Å². The highest BCUT2D eigenvalue weighted by Crippen LogP contribution is 2.23. The Morgan fingerprint density at radius 1 is 0.543 bits per heavy atom. The Morgan fingerprint density at radius 2 is 1.00 bits per heavy atom. The number of rotatable bonds is 25. The van der Waals surface area contributed by atoms with Gasteiger partial charge in [0.2, 0.25) is 0 Å². The molecule has 0 aromatic carbocycles. The zero-order valence-electron chi connectivity index (χ0n) is 19.1. The Kier molecular flexibility index (Phi) is 31.7. The zero-order chi connectivity index (χ0) is 26.0. The van der Waals surface area contributed by atoms with E-state index in [-0.39, 0.29) is 28.6 Å². The lowest BCUT2D eigenvalue weighted by atomic mass is 10.9. The summed E-state index contributed by atoms with van der Waals surface area (Å²) in [4.78, 5) is 34.7. The van der Waals surface area contributed by atoms with Gasteiger partial charge >= 0.3 is 0 Å². The highest BCUT2D eigenvalue weighted by Gasteiger charge is 2.06. The van der Waals surface area contributed by atoms with Gasteiger partial charge in [0, 0.05) is 59.2 Å². The molecule has 0 bridgehead atoms. The van der Waals surface area contributed by atoms with E-state index in [2.05, 4.69) is 0 Å². The monoisotopic (exact) mass is 696 g/mol. The molecule has 2 N–H and O–H groups in total. The van der Waals surface area contributed by atoms with Gasteiger partial charge < -0.3 is 10.2 Å². The molecular formula is C18H32O6S11. The molecule has 0 heterocycles. The van der Waals surface area contributed by atoms with Gasteiger partial charge in [0.1, 0.15) is 0 Å². The van der Waals surface area contributed by atoms with Gasteiger partial charge in [-0.25, -0.2) is 0 Å². The summed E-state index contributed by atoms with van der Waals surface area (Å²) >= 11 is 15.1. The maximum atomic E-state index is 12.0. The molecule has 0 aliphatic rings. The third-order valence-electron chi connectivity index (χ3n) is 3.01. The molecule has 0 radical (unpaired) electrons. The van der Waals surface area contributed by atoms with E-state index in [4.69, 9.17) is 10.2 Å². The highest BCUT2D eigenvalue weighted by molar-refractivity contribution is 8.30. The van der Waals surface area contributed by atoms with E-state index in [1.54, 1.807) is 58.8 Å². The van der Waals surface area contributed by atoms with Crippen LogP contribution in [0.25, 0.3) is 0 Å². The van der Waals surface area contributed by atoms with E-state index in [1.807, 2.05) is 0 Å². The Balaban J connectivity index is 3.37. The first kappa shape index (κ1) is 37.6. The number of hydrogen-bond donors (Lipinski definition) is 2. The van der Waals surface area contributed by atoms with Crippen LogP contribution in [0.1, 0.15) is 0 Å². The molecule has 0 rings (SSSR count). The summed E-state index contributed by atoms with van der Waals surface area (Å²) < 4.78 is 12.0. The smallest absolute Gasteiger partial charge is 0.199 e. The van der Waals surface area contributed by atoms with Crippen molar-refractivity contribution in [1.29, 1.82) is 0 Å². The predicted molar refractivity (Wildman–Crippen MR) is 177 cm³/mol. The lowest BCUT2D eigenvalue weighted by Gasteiger charge is -2.04. The van der Waals surface area contributed by atoms with Crippen molar-refractivity contribution >= 4 is 144 Å². The fourth-order valence-electron chi connectivity index (χ4n) is 1.63. The molecular weight excluding hydrogens is 665 g/mol. The number of carbonyl (C=O) groups excluding carboxylic acids is 3. The van der Waals surface area contributed by atoms with Crippen molar-refractivity contribution in [3.63, 3.8) is 0 Å². The summed E-state index contributed by atoms with van der Waals surface area (Å²) in [5, 5.41) is 22.3. The van der Waals surface area contributed by atoms with Crippen molar-refractivity contribution in [3.05, 3.63) is 0 Å². The average Bonchev–Trinajstić information content (AvgIpc) is 2.84. The lowest BCUT2D eigenvalue weighted by Crippen LogP contribution is -2.03. The summed E-state index contributed by atoms with van der Waals surface area (Å²) in [6, 6.07) is 0. The SMILES string of the molecule is O=C(CSCSCCS(=O)CSCSCSCSC(=O)CSCSCC(=O)SCCO)SCCO. The Morgan fingerprint density at radius 3 is 1.57 bits per heavy atom. The summed E-state index contributed by atoms with van der Waals surface area (Å²) in [6.07, 6.45) is 0. The standard InChI is InChI=1S/C18H32O6S11/c19-1-3-32-16(21)7-26-10-25-5-6-35(24)15-31-13-29-12-30-14-34-18(23)9-28-11-27-8-17(22)33-4-2-20/h19-20H,1-15H2. The maximum absolute atomic E-state index is 12.0. The third kappa shape index (κ3) is 29.4. The van der Waals surface area contributed by atoms with Crippen LogP contribution >= 0.6 is 118 Å². The van der Waals surface area contributed by atoms with E-state index in [1.165, 1.54) is 35.3 Å². The molecule has 0 aliphatic heterocycles. The van der Waals surface area contributed by atoms with Crippen LogP contribution in [0, 0.1) is 0 Å². The topological polar surface area (TPSA) is 109 Å². The Labute approximate surface area is 254 Å². The molecule has 0 aliphatic carbocycles. The van der Waals surface area contributed by atoms with Crippen LogP contribution in [0.3, 0.4) is 0 Å². The number of aliphatic hydroxyl groups is 2. The summed E-state index contributed by atoms with van der Waals surface area (Å²) in [5.74, 6) is 3.69. The first-order valence-corrected chi connectivity index (χ1v) is 22.6. The third-order valence-corrected chi connectivity index (χ3v) is 16.7. The minimum Gasteiger partial charge on any atom is -0.396 e. The van der Waals surface area contributed by atoms with Crippen LogP contribution in [-0.4, -0.2) is 114 Å². The molecule has 1 unspecified atom stereocenters. The summed E-state index contributed by atoms with van der Waals surface area (Å²) in [7, 11) is -0.832. The quantitative estimate of drug-likeness (QED) is 0.104. The van der Waals surface area contributed by atoms with Crippen LogP contribution in [0.15, 0.2) is 0 Å². The van der Waals surface area contributed by atoms with E-state index < -0.39 is 10.8 Å². The van der Waals surface area contributed by atoms with Gasteiger partial charge in [-0.1, -0.05) is 35.3 Å². The molecule has 0 saturated heterocycles. The molecule has 0 saturated carbocycles. The maximum Gasteiger partial charge on any atom is 0.199 e. The molecule has 206 valence electrons. The van der Waals surface area contributed by atoms with E-state index in [0.717, 1.165) is 49.6 Å². The van der Waals surface area contributed by atoms with Crippen molar-refractivity contribution in [3.8, 4) is 0 Å². The largest absolute Gasteiger partial charge is 0.396 e. The molecule has 0 aromatic rings. The zero-order valence-corrected chi connectivity index (χ0v) is 28.1. The minimum atomic E-state index is -0.832. The molecule has 0 spiro atoms. The second kappa shape index (κ2) is 29.6. The van der Waals surface area contributed by atoms with Gasteiger partial charge in [-0.2, -0.15) is 11.8 Å². The van der Waals surface area contributed by atoms with Crippen molar-refractivity contribution in [1.82, 2.24) is 0 Å². The highest BCUT2D eigenvalue weighted by atomic mass is 32.3. The number of carbonyl (C=O) groups is 3. The molecule has 17 heteroatoms. The van der Waals surface area contributed by atoms with Gasteiger partial charge in [-0.3, -0.25) is 18.6 Å². The fourth-order valence-corrected chi connectivity index (χ4v) is 13.8. The van der Waals surface area contributed by atoms with E-state index >= 15 is 0 Å². The molecule has 0 amide bonds. The van der Waals surface area contributed by atoms with Gasteiger partial charge in [-0.05, 0) is 0 Å². The Hall–Kier alpha value is 2.58. The molecule has 1 atom stereocenters. The first-order valence-electron chi connectivity index (χ1n) is 10.1. The van der Waals surface area contributed by atoms with Gasteiger partial charge in [0.05, 0.1) is 35.6 Å². The first-order chi connectivity index (χ1) is 17.0. The van der Waals surface area contributed by atoms with Crippen LogP contribution in [0.2, 0.25) is 0 Å². The molecule has 0 aromatic heterocycles.